The number of hydrogen-bond donors (Lipinski definition) is 0. The minimum Gasteiger partial charge on any atom is -0.298 e. The molecule has 3 unspecified atom stereocenters. The summed E-state index contributed by atoms with van der Waals surface area (Å²) in [6.07, 6.45) is 7.79. The van der Waals surface area contributed by atoms with Gasteiger partial charge in [-0.25, -0.2) is 0 Å². The summed E-state index contributed by atoms with van der Waals surface area (Å²) in [5.74, 6) is 4.02. The molecule has 3 rings (SSSR count). The first-order chi connectivity index (χ1) is 7.83. The van der Waals surface area contributed by atoms with Crippen LogP contribution in [-0.2, 0) is 11.2 Å². The fourth-order valence-corrected chi connectivity index (χ4v) is 3.22. The number of benzene rings is 1. The first-order valence-corrected chi connectivity index (χ1v) is 5.87. The van der Waals surface area contributed by atoms with Gasteiger partial charge in [-0.3, -0.25) is 4.79 Å². The van der Waals surface area contributed by atoms with Crippen molar-refractivity contribution in [3.8, 4) is 12.3 Å². The van der Waals surface area contributed by atoms with Gasteiger partial charge in [0.15, 0.2) is 0 Å². The van der Waals surface area contributed by atoms with E-state index in [0.29, 0.717) is 18.3 Å². The number of terminal acetylenes is 1. The van der Waals surface area contributed by atoms with Crippen molar-refractivity contribution in [3.05, 3.63) is 35.4 Å². The second-order valence-corrected chi connectivity index (χ2v) is 4.80. The summed E-state index contributed by atoms with van der Waals surface area (Å²) in [4.78, 5) is 11.8. The average Bonchev–Trinajstić information content (AvgIpc) is 3.04. The fourth-order valence-electron chi connectivity index (χ4n) is 3.22. The molecule has 0 saturated heterocycles. The summed E-state index contributed by atoms with van der Waals surface area (Å²) in [6, 6.07) is 8.52. The van der Waals surface area contributed by atoms with Crippen LogP contribution in [0, 0.1) is 24.2 Å². The number of aryl methyl sites for hydroxylation is 1. The van der Waals surface area contributed by atoms with E-state index in [0.717, 1.165) is 12.8 Å². The molecule has 0 bridgehead atoms. The smallest absolute Gasteiger partial charge is 0.148 e. The lowest BCUT2D eigenvalue weighted by Gasteiger charge is -2.13. The van der Waals surface area contributed by atoms with E-state index in [-0.39, 0.29) is 11.7 Å². The molecule has 0 N–H and O–H groups in total. The van der Waals surface area contributed by atoms with Gasteiger partial charge in [0.2, 0.25) is 0 Å². The second kappa shape index (κ2) is 3.49. The van der Waals surface area contributed by atoms with Crippen LogP contribution in [-0.4, -0.2) is 5.78 Å². The molecule has 1 aromatic rings. The number of carbonyl (C=O) groups excluding carboxylic acids is 1. The monoisotopic (exact) mass is 210 g/mol. The highest BCUT2D eigenvalue weighted by atomic mass is 16.1. The Kier molecular flexibility index (Phi) is 2.11. The highest BCUT2D eigenvalue weighted by molar-refractivity contribution is 5.87. The Morgan fingerprint density at radius 3 is 3.06 bits per heavy atom. The summed E-state index contributed by atoms with van der Waals surface area (Å²) in [7, 11) is 0. The van der Waals surface area contributed by atoms with Crippen LogP contribution in [0.1, 0.15) is 29.9 Å². The van der Waals surface area contributed by atoms with E-state index >= 15 is 0 Å². The minimum absolute atomic E-state index is 0.222. The van der Waals surface area contributed by atoms with Crippen molar-refractivity contribution in [2.45, 2.75) is 25.2 Å². The van der Waals surface area contributed by atoms with E-state index < -0.39 is 0 Å². The van der Waals surface area contributed by atoms with Crippen molar-refractivity contribution in [2.24, 2.45) is 11.8 Å². The Bertz CT molecular complexity index is 480. The van der Waals surface area contributed by atoms with Gasteiger partial charge in [-0.1, -0.05) is 30.2 Å². The third kappa shape index (κ3) is 1.30. The SMILES string of the molecule is C#CCC(=O)C1C2CCc3ccccc3C21. The normalized spacial score (nSPS) is 29.8. The third-order valence-electron chi connectivity index (χ3n) is 3.98. The van der Waals surface area contributed by atoms with Gasteiger partial charge in [0.25, 0.3) is 0 Å². The molecule has 0 heterocycles. The molecule has 2 aliphatic carbocycles. The highest BCUT2D eigenvalue weighted by Crippen LogP contribution is 2.60. The van der Waals surface area contributed by atoms with Gasteiger partial charge in [0.1, 0.15) is 5.78 Å². The van der Waals surface area contributed by atoms with Gasteiger partial charge in [-0.15, -0.1) is 6.42 Å². The number of hydrogen-bond acceptors (Lipinski definition) is 1. The molecular formula is C15H14O. The fraction of sp³-hybridized carbons (Fsp3) is 0.400. The summed E-state index contributed by atoms with van der Waals surface area (Å²) >= 11 is 0. The van der Waals surface area contributed by atoms with Crippen molar-refractivity contribution < 1.29 is 4.79 Å². The maximum Gasteiger partial charge on any atom is 0.148 e. The van der Waals surface area contributed by atoms with Crippen molar-refractivity contribution in [2.75, 3.05) is 0 Å². The van der Waals surface area contributed by atoms with Gasteiger partial charge < -0.3 is 0 Å². The predicted octanol–water partition coefficient (Wildman–Crippen LogP) is 2.55. The maximum atomic E-state index is 11.8. The van der Waals surface area contributed by atoms with Gasteiger partial charge in [0.05, 0.1) is 6.42 Å². The first-order valence-electron chi connectivity index (χ1n) is 5.87. The van der Waals surface area contributed by atoms with Crippen LogP contribution in [0.15, 0.2) is 24.3 Å². The molecular weight excluding hydrogens is 196 g/mol. The Hall–Kier alpha value is -1.55. The van der Waals surface area contributed by atoms with Crippen LogP contribution >= 0.6 is 0 Å². The van der Waals surface area contributed by atoms with Crippen LogP contribution in [0.25, 0.3) is 0 Å². The zero-order valence-corrected chi connectivity index (χ0v) is 9.15. The predicted molar refractivity (Wildman–Crippen MR) is 62.9 cm³/mol. The average molecular weight is 210 g/mol. The molecule has 1 fully saturated rings. The molecule has 16 heavy (non-hydrogen) atoms. The second-order valence-electron chi connectivity index (χ2n) is 4.80. The Morgan fingerprint density at radius 2 is 2.25 bits per heavy atom. The summed E-state index contributed by atoms with van der Waals surface area (Å²) in [5.41, 5.74) is 2.83. The molecule has 1 heteroatoms. The molecule has 1 aromatic carbocycles. The van der Waals surface area contributed by atoms with Crippen LogP contribution < -0.4 is 0 Å². The molecule has 0 amide bonds. The van der Waals surface area contributed by atoms with Crippen molar-refractivity contribution in [1.29, 1.82) is 0 Å². The van der Waals surface area contributed by atoms with Crippen molar-refractivity contribution >= 4 is 5.78 Å². The standard InChI is InChI=1S/C15H14O/c1-2-5-13(16)15-12-9-8-10-6-3-4-7-11(10)14(12)15/h1,3-4,6-7,12,14-15H,5,8-9H2. The van der Waals surface area contributed by atoms with E-state index in [9.17, 15) is 4.79 Å². The van der Waals surface area contributed by atoms with Crippen LogP contribution in [0.3, 0.4) is 0 Å². The Labute approximate surface area is 95.9 Å². The van der Waals surface area contributed by atoms with Crippen LogP contribution in [0.5, 0.6) is 0 Å². The molecule has 1 nitrogen and oxygen atoms in total. The number of ketones is 1. The minimum atomic E-state index is 0.222. The van der Waals surface area contributed by atoms with Gasteiger partial charge in [-0.05, 0) is 35.8 Å². The van der Waals surface area contributed by atoms with E-state index in [1.165, 1.54) is 11.1 Å². The molecule has 80 valence electrons. The van der Waals surface area contributed by atoms with Crippen molar-refractivity contribution in [1.82, 2.24) is 0 Å². The lowest BCUT2D eigenvalue weighted by Crippen LogP contribution is -2.01. The van der Waals surface area contributed by atoms with E-state index in [2.05, 4.69) is 30.2 Å². The van der Waals surface area contributed by atoms with Gasteiger partial charge in [-0.2, -0.15) is 0 Å². The molecule has 0 spiro atoms. The van der Waals surface area contributed by atoms with Crippen LogP contribution in [0.4, 0.5) is 0 Å². The largest absolute Gasteiger partial charge is 0.298 e. The number of fused-ring (bicyclic) bond motifs is 3. The lowest BCUT2D eigenvalue weighted by atomic mass is 9.92. The molecule has 0 radical (unpaired) electrons. The topological polar surface area (TPSA) is 17.1 Å². The molecule has 0 aromatic heterocycles. The van der Waals surface area contributed by atoms with Crippen LogP contribution in [0.2, 0.25) is 0 Å². The Morgan fingerprint density at radius 1 is 1.44 bits per heavy atom. The number of Topliss-reactive ketones (excluding diaryl/α,β-unsaturated/α-hetero) is 1. The van der Waals surface area contributed by atoms with E-state index in [4.69, 9.17) is 6.42 Å². The molecule has 1 saturated carbocycles. The van der Waals surface area contributed by atoms with E-state index in [1.54, 1.807) is 0 Å². The Balaban J connectivity index is 1.88. The molecule has 3 atom stereocenters. The summed E-state index contributed by atoms with van der Waals surface area (Å²) < 4.78 is 0. The van der Waals surface area contributed by atoms with Gasteiger partial charge >= 0.3 is 0 Å². The number of rotatable bonds is 2. The zero-order valence-electron chi connectivity index (χ0n) is 9.15. The maximum absolute atomic E-state index is 11.8. The summed E-state index contributed by atoms with van der Waals surface area (Å²) in [5, 5.41) is 0. The first kappa shape index (κ1) is 9.66. The molecule has 2 aliphatic rings. The lowest BCUT2D eigenvalue weighted by molar-refractivity contribution is -0.119. The quantitative estimate of drug-likeness (QED) is 0.686. The van der Waals surface area contributed by atoms with Crippen molar-refractivity contribution in [3.63, 3.8) is 0 Å². The molecule has 0 aliphatic heterocycles. The van der Waals surface area contributed by atoms with Gasteiger partial charge in [0, 0.05) is 5.92 Å². The van der Waals surface area contributed by atoms with E-state index in [1.807, 2.05) is 0 Å². The summed E-state index contributed by atoms with van der Waals surface area (Å²) in [6.45, 7) is 0. The highest BCUT2D eigenvalue weighted by Gasteiger charge is 2.56. The number of carbonyl (C=O) groups is 1. The third-order valence-corrected chi connectivity index (χ3v) is 3.98. The zero-order chi connectivity index (χ0) is 11.1.